The highest BCUT2D eigenvalue weighted by Gasteiger charge is 2.20. The van der Waals surface area contributed by atoms with Crippen molar-refractivity contribution in [2.75, 3.05) is 18.4 Å². The highest BCUT2D eigenvalue weighted by Crippen LogP contribution is 2.19. The number of rotatable bonds is 4. The molecule has 2 aromatic heterocycles. The van der Waals surface area contributed by atoms with Crippen LogP contribution in [0, 0.1) is 6.92 Å². The van der Waals surface area contributed by atoms with Crippen LogP contribution >= 0.6 is 0 Å². The summed E-state index contributed by atoms with van der Waals surface area (Å²) in [5, 5.41) is 7.90. The molecule has 0 unspecified atom stereocenters. The van der Waals surface area contributed by atoms with Gasteiger partial charge in [0, 0.05) is 37.4 Å². The van der Waals surface area contributed by atoms with E-state index in [0.717, 1.165) is 44.0 Å². The van der Waals surface area contributed by atoms with Gasteiger partial charge in [-0.15, -0.1) is 0 Å². The van der Waals surface area contributed by atoms with Gasteiger partial charge in [-0.05, 0) is 25.3 Å². The standard InChI is InChI=1S/C18H22N6/c1-14-11-17(24-18(21-14)19-13-20-24)22-16-7-9-23(10-8-16)12-15-5-3-2-4-6-15/h2-6,11,13,16,22H,7-10,12H2,1H3. The number of hydrogen-bond acceptors (Lipinski definition) is 5. The molecule has 6 heteroatoms. The number of likely N-dealkylation sites (tertiary alicyclic amines) is 1. The minimum absolute atomic E-state index is 0.464. The molecule has 124 valence electrons. The molecule has 0 amide bonds. The number of nitrogens with zero attached hydrogens (tertiary/aromatic N) is 5. The smallest absolute Gasteiger partial charge is 0.254 e. The number of anilines is 1. The van der Waals surface area contributed by atoms with Crippen molar-refractivity contribution in [3.8, 4) is 0 Å². The van der Waals surface area contributed by atoms with Crippen LogP contribution in [0.1, 0.15) is 24.1 Å². The van der Waals surface area contributed by atoms with E-state index in [9.17, 15) is 0 Å². The van der Waals surface area contributed by atoms with E-state index in [0.29, 0.717) is 11.8 Å². The number of benzene rings is 1. The van der Waals surface area contributed by atoms with Gasteiger partial charge in [0.15, 0.2) is 0 Å². The Bertz CT molecular complexity index is 805. The number of fused-ring (bicyclic) bond motifs is 1. The third-order valence-corrected chi connectivity index (χ3v) is 4.57. The maximum atomic E-state index is 4.39. The van der Waals surface area contributed by atoms with E-state index in [1.807, 2.05) is 13.0 Å². The van der Waals surface area contributed by atoms with Gasteiger partial charge in [-0.3, -0.25) is 4.90 Å². The predicted octanol–water partition coefficient (Wildman–Crippen LogP) is 2.51. The molecule has 24 heavy (non-hydrogen) atoms. The zero-order valence-corrected chi connectivity index (χ0v) is 13.9. The summed E-state index contributed by atoms with van der Waals surface area (Å²) in [6, 6.07) is 13.2. The summed E-state index contributed by atoms with van der Waals surface area (Å²) in [4.78, 5) is 11.1. The lowest BCUT2D eigenvalue weighted by Gasteiger charge is -2.32. The molecule has 3 heterocycles. The third-order valence-electron chi connectivity index (χ3n) is 4.57. The summed E-state index contributed by atoms with van der Waals surface area (Å²) in [5.41, 5.74) is 2.34. The van der Waals surface area contributed by atoms with Crippen LogP contribution in [0.25, 0.3) is 5.78 Å². The van der Waals surface area contributed by atoms with E-state index >= 15 is 0 Å². The average molecular weight is 322 g/mol. The first-order valence-electron chi connectivity index (χ1n) is 8.48. The Labute approximate surface area is 141 Å². The van der Waals surface area contributed by atoms with Gasteiger partial charge in [0.05, 0.1) is 0 Å². The van der Waals surface area contributed by atoms with Crippen molar-refractivity contribution in [1.29, 1.82) is 0 Å². The van der Waals surface area contributed by atoms with Gasteiger partial charge in [0.1, 0.15) is 12.1 Å². The van der Waals surface area contributed by atoms with E-state index in [1.165, 1.54) is 5.56 Å². The molecular weight excluding hydrogens is 300 g/mol. The van der Waals surface area contributed by atoms with Gasteiger partial charge >= 0.3 is 0 Å². The average Bonchev–Trinajstić information content (AvgIpc) is 3.06. The molecule has 6 nitrogen and oxygen atoms in total. The molecule has 3 aromatic rings. The van der Waals surface area contributed by atoms with Gasteiger partial charge in [0.25, 0.3) is 5.78 Å². The molecule has 0 bridgehead atoms. The first-order valence-corrected chi connectivity index (χ1v) is 8.48. The zero-order chi connectivity index (χ0) is 16.4. The zero-order valence-electron chi connectivity index (χ0n) is 13.9. The van der Waals surface area contributed by atoms with Crippen molar-refractivity contribution in [1.82, 2.24) is 24.5 Å². The highest BCUT2D eigenvalue weighted by molar-refractivity contribution is 5.45. The largest absolute Gasteiger partial charge is 0.367 e. The molecule has 1 N–H and O–H groups in total. The Morgan fingerprint density at radius 2 is 1.96 bits per heavy atom. The van der Waals surface area contributed by atoms with Crippen LogP contribution in [-0.2, 0) is 6.54 Å². The highest BCUT2D eigenvalue weighted by atomic mass is 15.4. The molecule has 0 radical (unpaired) electrons. The number of aromatic nitrogens is 4. The number of aryl methyl sites for hydroxylation is 1. The summed E-state index contributed by atoms with van der Waals surface area (Å²) in [6.45, 7) is 5.24. The SMILES string of the molecule is Cc1cc(NC2CCN(Cc3ccccc3)CC2)n2ncnc2n1. The molecule has 1 fully saturated rings. The lowest BCUT2D eigenvalue weighted by Crippen LogP contribution is -2.39. The predicted molar refractivity (Wildman–Crippen MR) is 93.9 cm³/mol. The molecule has 1 saturated heterocycles. The summed E-state index contributed by atoms with van der Waals surface area (Å²) in [5.74, 6) is 1.63. The molecule has 0 atom stereocenters. The lowest BCUT2D eigenvalue weighted by molar-refractivity contribution is 0.211. The summed E-state index contributed by atoms with van der Waals surface area (Å²) < 4.78 is 1.78. The number of hydrogen-bond donors (Lipinski definition) is 1. The fourth-order valence-corrected chi connectivity index (χ4v) is 3.32. The maximum Gasteiger partial charge on any atom is 0.254 e. The van der Waals surface area contributed by atoms with Crippen molar-refractivity contribution in [2.45, 2.75) is 32.4 Å². The van der Waals surface area contributed by atoms with E-state index < -0.39 is 0 Å². The van der Waals surface area contributed by atoms with E-state index in [-0.39, 0.29) is 0 Å². The third kappa shape index (κ3) is 3.23. The van der Waals surface area contributed by atoms with Crippen LogP contribution in [0.15, 0.2) is 42.7 Å². The van der Waals surface area contributed by atoms with Crippen molar-refractivity contribution in [3.63, 3.8) is 0 Å². The molecule has 4 rings (SSSR count). The van der Waals surface area contributed by atoms with Crippen LogP contribution in [0.3, 0.4) is 0 Å². The van der Waals surface area contributed by atoms with Crippen LogP contribution < -0.4 is 5.32 Å². The molecular formula is C18H22N6. The molecule has 1 aliphatic rings. The number of piperidine rings is 1. The van der Waals surface area contributed by atoms with E-state index in [4.69, 9.17) is 0 Å². The van der Waals surface area contributed by atoms with Crippen LogP contribution in [0.2, 0.25) is 0 Å². The van der Waals surface area contributed by atoms with Gasteiger partial charge in [-0.2, -0.15) is 14.6 Å². The topological polar surface area (TPSA) is 58.4 Å². The second-order valence-corrected chi connectivity index (χ2v) is 6.43. The van der Waals surface area contributed by atoms with Crippen LogP contribution in [0.4, 0.5) is 5.82 Å². The molecule has 1 aromatic carbocycles. The van der Waals surface area contributed by atoms with Crippen molar-refractivity contribution < 1.29 is 0 Å². The van der Waals surface area contributed by atoms with Crippen molar-refractivity contribution in [3.05, 3.63) is 54.0 Å². The van der Waals surface area contributed by atoms with Gasteiger partial charge in [0.2, 0.25) is 0 Å². The first kappa shape index (κ1) is 15.1. The quantitative estimate of drug-likeness (QED) is 0.800. The monoisotopic (exact) mass is 322 g/mol. The minimum Gasteiger partial charge on any atom is -0.367 e. The molecule has 0 saturated carbocycles. The van der Waals surface area contributed by atoms with Crippen LogP contribution in [-0.4, -0.2) is 43.6 Å². The Kier molecular flexibility index (Phi) is 4.13. The number of nitrogens with one attached hydrogen (secondary N) is 1. The van der Waals surface area contributed by atoms with E-state index in [1.54, 1.807) is 10.8 Å². The molecule has 0 aliphatic carbocycles. The molecule has 1 aliphatic heterocycles. The molecule has 0 spiro atoms. The fraction of sp³-hybridized carbons (Fsp3) is 0.389. The van der Waals surface area contributed by atoms with E-state index in [2.05, 4.69) is 55.6 Å². The Hall–Kier alpha value is -2.47. The van der Waals surface area contributed by atoms with Gasteiger partial charge in [-0.25, -0.2) is 4.98 Å². The summed E-state index contributed by atoms with van der Waals surface area (Å²) in [6.07, 6.45) is 3.81. The van der Waals surface area contributed by atoms with Crippen molar-refractivity contribution in [2.24, 2.45) is 0 Å². The van der Waals surface area contributed by atoms with Gasteiger partial charge < -0.3 is 5.32 Å². The van der Waals surface area contributed by atoms with Crippen molar-refractivity contribution >= 4 is 11.6 Å². The minimum atomic E-state index is 0.464. The summed E-state index contributed by atoms with van der Waals surface area (Å²) in [7, 11) is 0. The normalized spacial score (nSPS) is 16.5. The lowest BCUT2D eigenvalue weighted by atomic mass is 10.0. The second kappa shape index (κ2) is 6.57. The van der Waals surface area contributed by atoms with Crippen LogP contribution in [0.5, 0.6) is 0 Å². The first-order chi connectivity index (χ1) is 11.8. The Morgan fingerprint density at radius 1 is 1.17 bits per heavy atom. The van der Waals surface area contributed by atoms with Gasteiger partial charge in [-0.1, -0.05) is 30.3 Å². The Balaban J connectivity index is 1.38. The second-order valence-electron chi connectivity index (χ2n) is 6.43. The fourth-order valence-electron chi connectivity index (χ4n) is 3.32. The Morgan fingerprint density at radius 3 is 2.75 bits per heavy atom. The maximum absolute atomic E-state index is 4.39. The summed E-state index contributed by atoms with van der Waals surface area (Å²) >= 11 is 0.